The Balaban J connectivity index is 1.57. The molecule has 1 heterocycles. The number of aryl methyl sites for hydroxylation is 1. The lowest BCUT2D eigenvalue weighted by Gasteiger charge is -2.31. The van der Waals surface area contributed by atoms with E-state index >= 15 is 0 Å². The number of benzene rings is 2. The number of carbonyl (C=O) groups is 1. The molecule has 8 nitrogen and oxygen atoms in total. The van der Waals surface area contributed by atoms with E-state index in [0.717, 1.165) is 25.7 Å². The SMILES string of the molecule is COC(=O)[C@@H](N)C1CCC(Oc2cc3c(Nc4cccc(C)c4F)ncnc3cc2OC)CC1. The third kappa shape index (κ3) is 4.89. The predicted octanol–water partition coefficient (Wildman–Crippen LogP) is 4.27. The fourth-order valence-corrected chi connectivity index (χ4v) is 4.36. The van der Waals surface area contributed by atoms with Gasteiger partial charge in [0.2, 0.25) is 0 Å². The summed E-state index contributed by atoms with van der Waals surface area (Å²) in [4.78, 5) is 20.4. The highest BCUT2D eigenvalue weighted by molar-refractivity contribution is 5.93. The van der Waals surface area contributed by atoms with Crippen LogP contribution in [0.4, 0.5) is 15.9 Å². The summed E-state index contributed by atoms with van der Waals surface area (Å²) < 4.78 is 31.2. The van der Waals surface area contributed by atoms with E-state index in [1.807, 2.05) is 6.07 Å². The molecule has 1 aliphatic rings. The van der Waals surface area contributed by atoms with Crippen molar-refractivity contribution in [3.63, 3.8) is 0 Å². The van der Waals surface area contributed by atoms with Crippen LogP contribution in [0.1, 0.15) is 31.2 Å². The molecule has 1 atom stereocenters. The number of fused-ring (bicyclic) bond motifs is 1. The van der Waals surface area contributed by atoms with E-state index in [-0.39, 0.29) is 23.8 Å². The van der Waals surface area contributed by atoms with Crippen molar-refractivity contribution < 1.29 is 23.4 Å². The monoisotopic (exact) mass is 468 g/mol. The fraction of sp³-hybridized carbons (Fsp3) is 0.400. The quantitative estimate of drug-likeness (QED) is 0.495. The number of halogens is 1. The molecule has 0 aliphatic heterocycles. The zero-order chi connectivity index (χ0) is 24.2. The van der Waals surface area contributed by atoms with Crippen LogP contribution in [0.15, 0.2) is 36.7 Å². The Bertz CT molecular complexity index is 1180. The van der Waals surface area contributed by atoms with E-state index < -0.39 is 6.04 Å². The van der Waals surface area contributed by atoms with Gasteiger partial charge < -0.3 is 25.3 Å². The molecule has 0 amide bonds. The molecule has 9 heteroatoms. The van der Waals surface area contributed by atoms with Crippen LogP contribution in [0.25, 0.3) is 10.9 Å². The summed E-state index contributed by atoms with van der Waals surface area (Å²) in [5, 5.41) is 3.76. The fourth-order valence-electron chi connectivity index (χ4n) is 4.36. The van der Waals surface area contributed by atoms with Crippen LogP contribution >= 0.6 is 0 Å². The molecule has 34 heavy (non-hydrogen) atoms. The maximum atomic E-state index is 14.6. The largest absolute Gasteiger partial charge is 0.493 e. The number of methoxy groups -OCH3 is 2. The number of nitrogens with two attached hydrogens (primary N) is 1. The van der Waals surface area contributed by atoms with Crippen molar-refractivity contribution >= 4 is 28.4 Å². The molecule has 2 aromatic carbocycles. The maximum absolute atomic E-state index is 14.6. The molecule has 180 valence electrons. The average molecular weight is 469 g/mol. The summed E-state index contributed by atoms with van der Waals surface area (Å²) in [5.74, 6) is 0.923. The Morgan fingerprint density at radius 2 is 1.91 bits per heavy atom. The van der Waals surface area contributed by atoms with Crippen molar-refractivity contribution in [2.75, 3.05) is 19.5 Å². The van der Waals surface area contributed by atoms with Gasteiger partial charge in [-0.05, 0) is 56.2 Å². The number of rotatable bonds is 7. The molecule has 0 saturated heterocycles. The maximum Gasteiger partial charge on any atom is 0.322 e. The lowest BCUT2D eigenvalue weighted by atomic mass is 9.83. The van der Waals surface area contributed by atoms with E-state index in [9.17, 15) is 9.18 Å². The van der Waals surface area contributed by atoms with Crippen LogP contribution in [0.3, 0.4) is 0 Å². The van der Waals surface area contributed by atoms with Gasteiger partial charge in [-0.15, -0.1) is 0 Å². The second kappa shape index (κ2) is 10.2. The van der Waals surface area contributed by atoms with Gasteiger partial charge in [0.05, 0.1) is 31.5 Å². The number of aromatic nitrogens is 2. The first-order valence-electron chi connectivity index (χ1n) is 11.3. The predicted molar refractivity (Wildman–Crippen MR) is 127 cm³/mol. The van der Waals surface area contributed by atoms with Crippen LogP contribution in [-0.2, 0) is 9.53 Å². The Hall–Kier alpha value is -3.46. The van der Waals surface area contributed by atoms with Crippen LogP contribution in [0.2, 0.25) is 0 Å². The third-order valence-corrected chi connectivity index (χ3v) is 6.36. The number of hydrogen-bond acceptors (Lipinski definition) is 8. The van der Waals surface area contributed by atoms with Gasteiger partial charge in [0.15, 0.2) is 11.5 Å². The molecule has 1 aromatic heterocycles. The van der Waals surface area contributed by atoms with E-state index in [0.29, 0.717) is 39.5 Å². The molecule has 0 unspecified atom stereocenters. The topological polar surface area (TPSA) is 109 Å². The summed E-state index contributed by atoms with van der Waals surface area (Å²) >= 11 is 0. The average Bonchev–Trinajstić information content (AvgIpc) is 2.86. The number of anilines is 2. The van der Waals surface area contributed by atoms with Gasteiger partial charge in [0.25, 0.3) is 0 Å². The molecule has 0 radical (unpaired) electrons. The van der Waals surface area contributed by atoms with Crippen LogP contribution in [0.5, 0.6) is 11.5 Å². The summed E-state index contributed by atoms with van der Waals surface area (Å²) in [6, 6.07) is 8.13. The van der Waals surface area contributed by atoms with Gasteiger partial charge in [-0.2, -0.15) is 0 Å². The van der Waals surface area contributed by atoms with Crippen LogP contribution < -0.4 is 20.5 Å². The first-order valence-corrected chi connectivity index (χ1v) is 11.3. The molecule has 3 aromatic rings. The number of nitrogens with one attached hydrogen (secondary N) is 1. The summed E-state index contributed by atoms with van der Waals surface area (Å²) in [6.07, 6.45) is 4.40. The number of nitrogens with zero attached hydrogens (tertiary/aromatic N) is 2. The standard InChI is InChI=1S/C25H29FN4O4/c1-14-5-4-6-18(22(14)26)30-24-17-11-21(20(32-2)12-19(17)28-13-29-24)34-16-9-7-15(8-10-16)23(27)25(31)33-3/h4-6,11-13,15-16,23H,7-10,27H2,1-3H3,(H,28,29,30)/t15?,16?,23-/m0/s1. The number of carbonyl (C=O) groups excluding carboxylic acids is 1. The second-order valence-electron chi connectivity index (χ2n) is 8.51. The number of esters is 1. The van der Waals surface area contributed by atoms with E-state index in [1.54, 1.807) is 38.3 Å². The summed E-state index contributed by atoms with van der Waals surface area (Å²) in [6.45, 7) is 1.71. The molecule has 4 rings (SSSR count). The van der Waals surface area contributed by atoms with Crippen LogP contribution in [-0.4, -0.2) is 42.3 Å². The minimum absolute atomic E-state index is 0.0531. The lowest BCUT2D eigenvalue weighted by Crippen LogP contribution is -2.41. The van der Waals surface area contributed by atoms with E-state index in [4.69, 9.17) is 19.9 Å². The Morgan fingerprint density at radius 1 is 1.15 bits per heavy atom. The van der Waals surface area contributed by atoms with Crippen molar-refractivity contribution in [3.8, 4) is 11.5 Å². The lowest BCUT2D eigenvalue weighted by molar-refractivity contribution is -0.144. The molecular weight excluding hydrogens is 439 g/mol. The van der Waals surface area contributed by atoms with Crippen molar-refractivity contribution in [2.45, 2.75) is 44.8 Å². The normalized spacial score (nSPS) is 18.9. The van der Waals surface area contributed by atoms with Crippen molar-refractivity contribution in [1.29, 1.82) is 0 Å². The summed E-state index contributed by atoms with van der Waals surface area (Å²) in [7, 11) is 2.92. The molecule has 0 bridgehead atoms. The zero-order valence-electron chi connectivity index (χ0n) is 19.5. The van der Waals surface area contributed by atoms with Gasteiger partial charge in [-0.1, -0.05) is 12.1 Å². The van der Waals surface area contributed by atoms with Gasteiger partial charge >= 0.3 is 5.97 Å². The smallest absolute Gasteiger partial charge is 0.322 e. The van der Waals surface area contributed by atoms with Crippen molar-refractivity contribution in [2.24, 2.45) is 11.7 Å². The Morgan fingerprint density at radius 3 is 2.62 bits per heavy atom. The molecule has 1 saturated carbocycles. The molecular formula is C25H29FN4O4. The first-order chi connectivity index (χ1) is 16.4. The third-order valence-electron chi connectivity index (χ3n) is 6.36. The minimum atomic E-state index is -0.617. The zero-order valence-corrected chi connectivity index (χ0v) is 19.5. The first kappa shape index (κ1) is 23.7. The Labute approximate surface area is 197 Å². The minimum Gasteiger partial charge on any atom is -0.493 e. The molecule has 0 spiro atoms. The van der Waals surface area contributed by atoms with Crippen molar-refractivity contribution in [1.82, 2.24) is 9.97 Å². The molecule has 1 aliphatic carbocycles. The van der Waals surface area contributed by atoms with Crippen LogP contribution in [0, 0.1) is 18.7 Å². The number of hydrogen-bond donors (Lipinski definition) is 2. The van der Waals surface area contributed by atoms with Gasteiger partial charge in [-0.3, -0.25) is 4.79 Å². The van der Waals surface area contributed by atoms with Gasteiger partial charge in [-0.25, -0.2) is 14.4 Å². The highest BCUT2D eigenvalue weighted by Gasteiger charge is 2.31. The second-order valence-corrected chi connectivity index (χ2v) is 8.51. The number of ether oxygens (including phenoxy) is 3. The van der Waals surface area contributed by atoms with E-state index in [1.165, 1.54) is 13.4 Å². The summed E-state index contributed by atoms with van der Waals surface area (Å²) in [5.41, 5.74) is 7.54. The Kier molecular flexibility index (Phi) is 7.12. The van der Waals surface area contributed by atoms with E-state index in [2.05, 4.69) is 15.3 Å². The molecule has 1 fully saturated rings. The molecule has 3 N–H and O–H groups in total. The van der Waals surface area contributed by atoms with Crippen molar-refractivity contribution in [3.05, 3.63) is 48.0 Å². The highest BCUT2D eigenvalue weighted by atomic mass is 19.1. The van der Waals surface area contributed by atoms with Gasteiger partial charge in [0.1, 0.15) is 24.0 Å². The highest BCUT2D eigenvalue weighted by Crippen LogP contribution is 2.38. The van der Waals surface area contributed by atoms with Gasteiger partial charge in [0, 0.05) is 11.5 Å².